The number of benzene rings is 1. The van der Waals surface area contributed by atoms with Crippen molar-refractivity contribution < 1.29 is 8.78 Å². The summed E-state index contributed by atoms with van der Waals surface area (Å²) in [5.74, 6) is -0.842. The van der Waals surface area contributed by atoms with Gasteiger partial charge in [0.1, 0.15) is 23.6 Å². The number of hydrogen-bond acceptors (Lipinski definition) is 7. The Hall–Kier alpha value is -2.81. The maximum Gasteiger partial charge on any atom is 0.188 e. The van der Waals surface area contributed by atoms with Gasteiger partial charge in [-0.2, -0.15) is 0 Å². The van der Waals surface area contributed by atoms with Crippen LogP contribution < -0.4 is 16.4 Å². The second kappa shape index (κ2) is 6.36. The number of aryl methyl sites for hydroxylation is 2. The highest BCUT2D eigenvalue weighted by Crippen LogP contribution is 2.31. The molecule has 0 bridgehead atoms. The SMILES string of the molecule is Cc1nc(Nc2ncnc(Nc3ccc(F)cc3F)c2N)sc1C. The van der Waals surface area contributed by atoms with Gasteiger partial charge < -0.3 is 16.4 Å². The van der Waals surface area contributed by atoms with Gasteiger partial charge in [-0.3, -0.25) is 0 Å². The Labute approximate surface area is 140 Å². The number of nitrogens with two attached hydrogens (primary N) is 1. The quantitative estimate of drug-likeness (QED) is 0.663. The molecule has 0 saturated heterocycles. The second-order valence-electron chi connectivity index (χ2n) is 5.02. The number of nitrogens with zero attached hydrogens (tertiary/aromatic N) is 3. The molecule has 0 fully saturated rings. The standard InChI is InChI=1S/C15H14F2N6S/c1-7-8(2)24-15(21-7)23-14-12(18)13(19-6-20-14)22-11-4-3-9(16)5-10(11)17/h3-6H,18H2,1-2H3,(H2,19,20,21,22,23). The van der Waals surface area contributed by atoms with Crippen LogP contribution in [0, 0.1) is 25.5 Å². The molecule has 0 radical (unpaired) electrons. The van der Waals surface area contributed by atoms with Crippen LogP contribution in [0.2, 0.25) is 0 Å². The molecule has 0 aliphatic heterocycles. The normalized spacial score (nSPS) is 10.7. The summed E-state index contributed by atoms with van der Waals surface area (Å²) < 4.78 is 26.7. The molecule has 2 heterocycles. The molecule has 0 aliphatic carbocycles. The first-order valence-electron chi connectivity index (χ1n) is 6.97. The van der Waals surface area contributed by atoms with Crippen LogP contribution in [-0.2, 0) is 0 Å². The van der Waals surface area contributed by atoms with Crippen molar-refractivity contribution >= 4 is 39.5 Å². The average Bonchev–Trinajstić information content (AvgIpc) is 2.84. The molecule has 0 aliphatic rings. The average molecular weight is 348 g/mol. The van der Waals surface area contributed by atoms with Gasteiger partial charge in [-0.1, -0.05) is 0 Å². The van der Waals surface area contributed by atoms with Crippen LogP contribution in [0.1, 0.15) is 10.6 Å². The second-order valence-corrected chi connectivity index (χ2v) is 6.22. The van der Waals surface area contributed by atoms with Gasteiger partial charge in [-0.05, 0) is 26.0 Å². The van der Waals surface area contributed by atoms with E-state index in [1.54, 1.807) is 0 Å². The maximum absolute atomic E-state index is 13.8. The molecule has 0 spiro atoms. The lowest BCUT2D eigenvalue weighted by Crippen LogP contribution is -2.06. The molecule has 0 atom stereocenters. The van der Waals surface area contributed by atoms with Gasteiger partial charge in [-0.15, -0.1) is 11.3 Å². The van der Waals surface area contributed by atoms with Gasteiger partial charge >= 0.3 is 0 Å². The zero-order valence-corrected chi connectivity index (χ0v) is 13.7. The van der Waals surface area contributed by atoms with Crippen molar-refractivity contribution in [1.29, 1.82) is 0 Å². The molecule has 0 amide bonds. The predicted molar refractivity (Wildman–Crippen MR) is 91.0 cm³/mol. The maximum atomic E-state index is 13.8. The van der Waals surface area contributed by atoms with Crippen molar-refractivity contribution in [2.75, 3.05) is 16.4 Å². The molecule has 24 heavy (non-hydrogen) atoms. The molecule has 1 aromatic carbocycles. The first-order chi connectivity index (χ1) is 11.4. The third kappa shape index (κ3) is 3.25. The number of thiazole rings is 1. The van der Waals surface area contributed by atoms with E-state index in [0.717, 1.165) is 22.7 Å². The summed E-state index contributed by atoms with van der Waals surface area (Å²) in [6.07, 6.45) is 1.29. The zero-order valence-electron chi connectivity index (χ0n) is 12.9. The largest absolute Gasteiger partial charge is 0.393 e. The van der Waals surface area contributed by atoms with Gasteiger partial charge in [0.2, 0.25) is 0 Å². The molecule has 9 heteroatoms. The van der Waals surface area contributed by atoms with E-state index >= 15 is 0 Å². The van der Waals surface area contributed by atoms with Gasteiger partial charge in [-0.25, -0.2) is 23.7 Å². The molecule has 6 nitrogen and oxygen atoms in total. The van der Waals surface area contributed by atoms with E-state index in [1.807, 2.05) is 13.8 Å². The van der Waals surface area contributed by atoms with Crippen molar-refractivity contribution in [3.8, 4) is 0 Å². The third-order valence-corrected chi connectivity index (χ3v) is 4.31. The number of halogens is 2. The number of rotatable bonds is 4. The Bertz CT molecular complexity index is 876. The van der Waals surface area contributed by atoms with Crippen LogP contribution in [0.15, 0.2) is 24.5 Å². The fourth-order valence-electron chi connectivity index (χ4n) is 1.94. The van der Waals surface area contributed by atoms with E-state index in [9.17, 15) is 8.78 Å². The van der Waals surface area contributed by atoms with Gasteiger partial charge in [0, 0.05) is 10.9 Å². The fraction of sp³-hybridized carbons (Fsp3) is 0.133. The van der Waals surface area contributed by atoms with Crippen LogP contribution >= 0.6 is 11.3 Å². The van der Waals surface area contributed by atoms with Crippen molar-refractivity contribution in [3.05, 3.63) is 46.7 Å². The predicted octanol–water partition coefficient (Wildman–Crippen LogP) is 3.90. The van der Waals surface area contributed by atoms with Crippen LogP contribution in [0.4, 0.5) is 36.9 Å². The van der Waals surface area contributed by atoms with Crippen molar-refractivity contribution in [3.63, 3.8) is 0 Å². The Morgan fingerprint density at radius 3 is 2.42 bits per heavy atom. The summed E-state index contributed by atoms with van der Waals surface area (Å²) in [4.78, 5) is 13.5. The summed E-state index contributed by atoms with van der Waals surface area (Å²) in [6, 6.07) is 3.19. The van der Waals surface area contributed by atoms with Crippen LogP contribution in [0.25, 0.3) is 0 Å². The van der Waals surface area contributed by atoms with Crippen LogP contribution in [-0.4, -0.2) is 15.0 Å². The summed E-state index contributed by atoms with van der Waals surface area (Å²) in [5.41, 5.74) is 7.22. The lowest BCUT2D eigenvalue weighted by atomic mass is 10.3. The number of anilines is 5. The van der Waals surface area contributed by atoms with Gasteiger partial charge in [0.15, 0.2) is 16.8 Å². The van der Waals surface area contributed by atoms with E-state index in [0.29, 0.717) is 10.9 Å². The Morgan fingerprint density at radius 1 is 1.08 bits per heavy atom. The van der Waals surface area contributed by atoms with Gasteiger partial charge in [0.05, 0.1) is 11.4 Å². The number of nitrogen functional groups attached to an aromatic ring is 1. The highest BCUT2D eigenvalue weighted by molar-refractivity contribution is 7.15. The van der Waals surface area contributed by atoms with E-state index < -0.39 is 11.6 Å². The Kier molecular flexibility index (Phi) is 4.26. The number of nitrogens with one attached hydrogen (secondary N) is 2. The van der Waals surface area contributed by atoms with Gasteiger partial charge in [0.25, 0.3) is 0 Å². The molecule has 2 aromatic heterocycles. The molecule has 3 rings (SSSR count). The molecule has 0 saturated carbocycles. The third-order valence-electron chi connectivity index (χ3n) is 3.32. The molecule has 0 unspecified atom stereocenters. The Morgan fingerprint density at radius 2 is 1.79 bits per heavy atom. The van der Waals surface area contributed by atoms with E-state index in [-0.39, 0.29) is 17.2 Å². The van der Waals surface area contributed by atoms with E-state index in [1.165, 1.54) is 23.7 Å². The van der Waals surface area contributed by atoms with Crippen LogP contribution in [0.5, 0.6) is 0 Å². The zero-order chi connectivity index (χ0) is 17.3. The summed E-state index contributed by atoms with van der Waals surface area (Å²) in [7, 11) is 0. The van der Waals surface area contributed by atoms with Crippen LogP contribution in [0.3, 0.4) is 0 Å². The smallest absolute Gasteiger partial charge is 0.188 e. The van der Waals surface area contributed by atoms with Crippen molar-refractivity contribution in [2.45, 2.75) is 13.8 Å². The number of aromatic nitrogens is 3. The minimum atomic E-state index is -0.742. The highest BCUT2D eigenvalue weighted by Gasteiger charge is 2.13. The minimum absolute atomic E-state index is 0.0636. The summed E-state index contributed by atoms with van der Waals surface area (Å²) in [5, 5.41) is 6.40. The fourth-order valence-corrected chi connectivity index (χ4v) is 2.75. The first kappa shape index (κ1) is 16.1. The minimum Gasteiger partial charge on any atom is -0.393 e. The highest BCUT2D eigenvalue weighted by atomic mass is 32.1. The Balaban J connectivity index is 1.87. The molecule has 3 aromatic rings. The summed E-state index contributed by atoms with van der Waals surface area (Å²) >= 11 is 1.47. The molecule has 4 N–H and O–H groups in total. The molecular formula is C15H14F2N6S. The number of hydrogen-bond donors (Lipinski definition) is 3. The van der Waals surface area contributed by atoms with Crippen molar-refractivity contribution in [1.82, 2.24) is 15.0 Å². The monoisotopic (exact) mass is 348 g/mol. The van der Waals surface area contributed by atoms with E-state index in [4.69, 9.17) is 5.73 Å². The first-order valence-corrected chi connectivity index (χ1v) is 7.79. The summed E-state index contributed by atoms with van der Waals surface area (Å²) in [6.45, 7) is 3.87. The van der Waals surface area contributed by atoms with E-state index in [2.05, 4.69) is 25.6 Å². The lowest BCUT2D eigenvalue weighted by Gasteiger charge is -2.11. The molecule has 124 valence electrons. The topological polar surface area (TPSA) is 88.8 Å². The molecular weight excluding hydrogens is 334 g/mol. The lowest BCUT2D eigenvalue weighted by molar-refractivity contribution is 0.586. The van der Waals surface area contributed by atoms with Crippen molar-refractivity contribution in [2.24, 2.45) is 0 Å².